The second-order valence-electron chi connectivity index (χ2n) is 8.25. The topological polar surface area (TPSA) is 45.6 Å². The number of halogens is 1. The Hall–Kier alpha value is -2.27. The SMILES string of the molecule is CC(C)CN(Cc1cccn1C)C(=O)CN(C(=O)[C@H](Cl)c1ccccc1)C1CC1. The molecule has 0 spiro atoms. The van der Waals surface area contributed by atoms with E-state index >= 15 is 0 Å². The summed E-state index contributed by atoms with van der Waals surface area (Å²) in [7, 11) is 1.98. The molecule has 0 aliphatic heterocycles. The van der Waals surface area contributed by atoms with Crippen molar-refractivity contribution in [1.82, 2.24) is 14.4 Å². The molecule has 1 aromatic carbocycles. The van der Waals surface area contributed by atoms with Crippen LogP contribution >= 0.6 is 11.6 Å². The van der Waals surface area contributed by atoms with Crippen LogP contribution in [0.2, 0.25) is 0 Å². The van der Waals surface area contributed by atoms with E-state index in [0.717, 1.165) is 24.1 Å². The van der Waals surface area contributed by atoms with Crippen LogP contribution in [-0.4, -0.2) is 45.3 Å². The summed E-state index contributed by atoms with van der Waals surface area (Å²) < 4.78 is 2.02. The monoisotopic (exact) mass is 415 g/mol. The Bertz CT molecular complexity index is 830. The van der Waals surface area contributed by atoms with E-state index in [2.05, 4.69) is 13.8 Å². The van der Waals surface area contributed by atoms with Crippen molar-refractivity contribution in [3.05, 3.63) is 59.9 Å². The smallest absolute Gasteiger partial charge is 0.245 e. The fourth-order valence-electron chi connectivity index (χ4n) is 3.48. The van der Waals surface area contributed by atoms with Gasteiger partial charge in [0.1, 0.15) is 11.9 Å². The highest BCUT2D eigenvalue weighted by Crippen LogP contribution is 2.32. The van der Waals surface area contributed by atoms with Crippen molar-refractivity contribution < 1.29 is 9.59 Å². The normalized spacial score (nSPS) is 14.7. The molecule has 5 nitrogen and oxygen atoms in total. The van der Waals surface area contributed by atoms with Crippen molar-refractivity contribution in [2.24, 2.45) is 13.0 Å². The van der Waals surface area contributed by atoms with Gasteiger partial charge in [0.2, 0.25) is 11.8 Å². The first-order valence-corrected chi connectivity index (χ1v) is 10.7. The van der Waals surface area contributed by atoms with Gasteiger partial charge in [-0.2, -0.15) is 0 Å². The molecule has 29 heavy (non-hydrogen) atoms. The summed E-state index contributed by atoms with van der Waals surface area (Å²) in [5.41, 5.74) is 1.84. The second kappa shape index (κ2) is 9.49. The van der Waals surface area contributed by atoms with E-state index in [1.165, 1.54) is 0 Å². The minimum atomic E-state index is -0.768. The van der Waals surface area contributed by atoms with Crippen LogP contribution in [0.1, 0.15) is 43.3 Å². The molecule has 1 heterocycles. The first-order chi connectivity index (χ1) is 13.9. The van der Waals surface area contributed by atoms with Gasteiger partial charge in [-0.15, -0.1) is 11.6 Å². The van der Waals surface area contributed by atoms with Crippen molar-refractivity contribution >= 4 is 23.4 Å². The Morgan fingerprint density at radius 2 is 1.83 bits per heavy atom. The minimum Gasteiger partial charge on any atom is -0.353 e. The van der Waals surface area contributed by atoms with Gasteiger partial charge >= 0.3 is 0 Å². The van der Waals surface area contributed by atoms with Crippen molar-refractivity contribution in [2.75, 3.05) is 13.1 Å². The maximum absolute atomic E-state index is 13.2. The number of hydrogen-bond donors (Lipinski definition) is 0. The zero-order valence-corrected chi connectivity index (χ0v) is 18.2. The average molecular weight is 416 g/mol. The van der Waals surface area contributed by atoms with Crippen LogP contribution in [0.15, 0.2) is 48.7 Å². The molecule has 1 aromatic heterocycles. The lowest BCUT2D eigenvalue weighted by Crippen LogP contribution is -2.45. The van der Waals surface area contributed by atoms with E-state index in [0.29, 0.717) is 19.0 Å². The molecule has 1 atom stereocenters. The number of aromatic nitrogens is 1. The number of carbonyl (C=O) groups excluding carboxylic acids is 2. The zero-order valence-electron chi connectivity index (χ0n) is 17.4. The van der Waals surface area contributed by atoms with Crippen LogP contribution in [0, 0.1) is 5.92 Å². The van der Waals surface area contributed by atoms with Gasteiger partial charge in [-0.05, 0) is 36.5 Å². The summed E-state index contributed by atoms with van der Waals surface area (Å²) in [5.74, 6) is 0.128. The fraction of sp³-hybridized carbons (Fsp3) is 0.478. The van der Waals surface area contributed by atoms with Crippen molar-refractivity contribution in [1.29, 1.82) is 0 Å². The number of alkyl halides is 1. The van der Waals surface area contributed by atoms with Crippen LogP contribution in [0.25, 0.3) is 0 Å². The maximum atomic E-state index is 13.2. The fourth-order valence-corrected chi connectivity index (χ4v) is 3.75. The summed E-state index contributed by atoms with van der Waals surface area (Å²) in [6, 6.07) is 13.5. The molecule has 0 saturated heterocycles. The van der Waals surface area contributed by atoms with Gasteiger partial charge < -0.3 is 14.4 Å². The number of carbonyl (C=O) groups is 2. The van der Waals surface area contributed by atoms with Crippen LogP contribution in [0.5, 0.6) is 0 Å². The Balaban J connectivity index is 1.73. The molecule has 1 fully saturated rings. The molecule has 6 heteroatoms. The van der Waals surface area contributed by atoms with Gasteiger partial charge in [0.25, 0.3) is 0 Å². The number of nitrogens with zero attached hydrogens (tertiary/aromatic N) is 3. The number of amides is 2. The molecule has 3 rings (SSSR count). The molecule has 1 aliphatic rings. The summed E-state index contributed by atoms with van der Waals surface area (Å²) in [6.07, 6.45) is 3.84. The second-order valence-corrected chi connectivity index (χ2v) is 8.69. The summed E-state index contributed by atoms with van der Waals surface area (Å²) in [6.45, 7) is 5.46. The lowest BCUT2D eigenvalue weighted by atomic mass is 10.1. The predicted octanol–water partition coefficient (Wildman–Crippen LogP) is 3.98. The molecule has 2 amide bonds. The van der Waals surface area contributed by atoms with Gasteiger partial charge in [-0.3, -0.25) is 9.59 Å². The van der Waals surface area contributed by atoms with Crippen LogP contribution < -0.4 is 0 Å². The summed E-state index contributed by atoms with van der Waals surface area (Å²) in [4.78, 5) is 29.8. The van der Waals surface area contributed by atoms with Gasteiger partial charge in [-0.1, -0.05) is 44.2 Å². The van der Waals surface area contributed by atoms with Crippen molar-refractivity contribution in [3.63, 3.8) is 0 Å². The molecular formula is C23H30ClN3O2. The summed E-state index contributed by atoms with van der Waals surface area (Å²) >= 11 is 6.49. The predicted molar refractivity (Wildman–Crippen MR) is 115 cm³/mol. The Labute approximate surface area is 178 Å². The lowest BCUT2D eigenvalue weighted by molar-refractivity contribution is -0.141. The van der Waals surface area contributed by atoms with Crippen LogP contribution in [0.3, 0.4) is 0 Å². The third-order valence-electron chi connectivity index (χ3n) is 5.23. The largest absolute Gasteiger partial charge is 0.353 e. The molecule has 156 valence electrons. The highest BCUT2D eigenvalue weighted by atomic mass is 35.5. The Morgan fingerprint density at radius 1 is 1.14 bits per heavy atom. The third kappa shape index (κ3) is 5.63. The molecule has 2 aromatic rings. The number of benzene rings is 1. The van der Waals surface area contributed by atoms with Gasteiger partial charge in [-0.25, -0.2) is 0 Å². The van der Waals surface area contributed by atoms with E-state index in [1.807, 2.05) is 65.2 Å². The molecule has 0 radical (unpaired) electrons. The molecule has 0 bridgehead atoms. The van der Waals surface area contributed by atoms with E-state index in [1.54, 1.807) is 4.90 Å². The van der Waals surface area contributed by atoms with E-state index in [-0.39, 0.29) is 24.4 Å². The standard InChI is InChI=1S/C23H30ClN3O2/c1-17(2)14-26(15-20-10-7-13-25(20)3)21(28)16-27(19-11-12-19)23(29)22(24)18-8-5-4-6-9-18/h4-10,13,17,19,22H,11-12,14-16H2,1-3H3/t22-/m1/s1. The van der Waals surface area contributed by atoms with Crippen molar-refractivity contribution in [3.8, 4) is 0 Å². The molecule has 0 unspecified atom stereocenters. The average Bonchev–Trinajstić information content (AvgIpc) is 3.47. The van der Waals surface area contributed by atoms with E-state index in [4.69, 9.17) is 11.6 Å². The van der Waals surface area contributed by atoms with Gasteiger partial charge in [0.15, 0.2) is 0 Å². The highest BCUT2D eigenvalue weighted by Gasteiger charge is 2.37. The first-order valence-electron chi connectivity index (χ1n) is 10.2. The zero-order chi connectivity index (χ0) is 21.0. The lowest BCUT2D eigenvalue weighted by Gasteiger charge is -2.30. The minimum absolute atomic E-state index is 0.0305. The van der Waals surface area contributed by atoms with Gasteiger partial charge in [0.05, 0.1) is 6.54 Å². The van der Waals surface area contributed by atoms with Crippen molar-refractivity contribution in [2.45, 2.75) is 44.7 Å². The summed E-state index contributed by atoms with van der Waals surface area (Å²) in [5, 5.41) is -0.768. The van der Waals surface area contributed by atoms with E-state index < -0.39 is 5.38 Å². The number of rotatable bonds is 9. The molecule has 0 N–H and O–H groups in total. The Morgan fingerprint density at radius 3 is 2.38 bits per heavy atom. The number of hydrogen-bond acceptors (Lipinski definition) is 2. The molecular weight excluding hydrogens is 386 g/mol. The quantitative estimate of drug-likeness (QED) is 0.581. The third-order valence-corrected chi connectivity index (χ3v) is 5.67. The highest BCUT2D eigenvalue weighted by molar-refractivity contribution is 6.30. The van der Waals surface area contributed by atoms with Crippen LogP contribution in [-0.2, 0) is 23.2 Å². The molecule has 1 saturated carbocycles. The first kappa shape index (κ1) is 21.4. The van der Waals surface area contributed by atoms with E-state index in [9.17, 15) is 9.59 Å². The maximum Gasteiger partial charge on any atom is 0.245 e. The number of aryl methyl sites for hydroxylation is 1. The Kier molecular flexibility index (Phi) is 7.01. The molecule has 1 aliphatic carbocycles. The van der Waals surface area contributed by atoms with Gasteiger partial charge in [0, 0.05) is 31.5 Å². The van der Waals surface area contributed by atoms with Crippen LogP contribution in [0.4, 0.5) is 0 Å².